The highest BCUT2D eigenvalue weighted by Crippen LogP contribution is 2.31. The summed E-state index contributed by atoms with van der Waals surface area (Å²) in [6.07, 6.45) is 0.442. The Bertz CT molecular complexity index is 648. The molecule has 0 aliphatic rings. The zero-order valence-electron chi connectivity index (χ0n) is 12.6. The molecule has 1 atom stereocenters. The number of methoxy groups -OCH3 is 1. The fourth-order valence-electron chi connectivity index (χ4n) is 2.50. The van der Waals surface area contributed by atoms with Gasteiger partial charge >= 0.3 is 5.97 Å². The van der Waals surface area contributed by atoms with E-state index in [4.69, 9.17) is 4.74 Å². The third kappa shape index (κ3) is 3.24. The van der Waals surface area contributed by atoms with Crippen LogP contribution in [-0.4, -0.2) is 18.2 Å². The molecule has 1 unspecified atom stereocenters. The fraction of sp³-hybridized carbons (Fsp3) is 0.278. The van der Waals surface area contributed by atoms with E-state index in [0.717, 1.165) is 16.7 Å². The van der Waals surface area contributed by atoms with Crippen molar-refractivity contribution in [1.29, 1.82) is 0 Å². The lowest BCUT2D eigenvalue weighted by Crippen LogP contribution is -2.34. The van der Waals surface area contributed by atoms with Crippen LogP contribution >= 0.6 is 0 Å². The van der Waals surface area contributed by atoms with Gasteiger partial charge in [0.25, 0.3) is 0 Å². The molecular formula is C18H20O3. The summed E-state index contributed by atoms with van der Waals surface area (Å²) in [6.45, 7) is 3.76. The van der Waals surface area contributed by atoms with Crippen molar-refractivity contribution >= 4 is 5.97 Å². The molecule has 0 aromatic heterocycles. The van der Waals surface area contributed by atoms with Crippen LogP contribution in [0.5, 0.6) is 5.75 Å². The molecule has 0 saturated heterocycles. The molecule has 0 bridgehead atoms. The van der Waals surface area contributed by atoms with Gasteiger partial charge in [0, 0.05) is 0 Å². The van der Waals surface area contributed by atoms with Crippen molar-refractivity contribution in [2.45, 2.75) is 25.7 Å². The number of hydrogen-bond acceptors (Lipinski definition) is 2. The Balaban J connectivity index is 2.42. The van der Waals surface area contributed by atoms with Crippen LogP contribution in [0.25, 0.3) is 0 Å². The number of carboxylic acid groups (broad SMARTS) is 1. The zero-order valence-corrected chi connectivity index (χ0v) is 12.6. The SMILES string of the molecule is COc1cccc(C(C)(Cc2cccc(C)c2)C(=O)O)c1. The molecule has 2 aromatic carbocycles. The van der Waals surface area contributed by atoms with Gasteiger partial charge < -0.3 is 9.84 Å². The second-order valence-corrected chi connectivity index (χ2v) is 5.54. The average molecular weight is 284 g/mol. The molecular weight excluding hydrogens is 264 g/mol. The van der Waals surface area contributed by atoms with Crippen molar-refractivity contribution in [2.75, 3.05) is 7.11 Å². The highest BCUT2D eigenvalue weighted by molar-refractivity contribution is 5.81. The van der Waals surface area contributed by atoms with Gasteiger partial charge in [-0.15, -0.1) is 0 Å². The normalized spacial score (nSPS) is 13.5. The Labute approximate surface area is 125 Å². The van der Waals surface area contributed by atoms with Crippen LogP contribution in [-0.2, 0) is 16.6 Å². The highest BCUT2D eigenvalue weighted by Gasteiger charge is 2.35. The lowest BCUT2D eigenvalue weighted by molar-refractivity contribution is -0.143. The summed E-state index contributed by atoms with van der Waals surface area (Å²) in [4.78, 5) is 11.9. The predicted octanol–water partition coefficient (Wildman–Crippen LogP) is 3.59. The standard InChI is InChI=1S/C18H20O3/c1-13-6-4-7-14(10-13)12-18(2,17(19)20)15-8-5-9-16(11-15)21-3/h4-11H,12H2,1-3H3,(H,19,20). The number of aryl methyl sites for hydroxylation is 1. The maximum absolute atomic E-state index is 11.9. The number of aliphatic carboxylic acids is 1. The van der Waals surface area contributed by atoms with E-state index in [1.54, 1.807) is 20.1 Å². The molecule has 1 N–H and O–H groups in total. The lowest BCUT2D eigenvalue weighted by Gasteiger charge is -2.26. The van der Waals surface area contributed by atoms with Gasteiger partial charge in [-0.05, 0) is 43.5 Å². The molecule has 3 heteroatoms. The van der Waals surface area contributed by atoms with Crippen LogP contribution in [0.2, 0.25) is 0 Å². The largest absolute Gasteiger partial charge is 0.497 e. The van der Waals surface area contributed by atoms with E-state index in [1.165, 1.54) is 0 Å². The lowest BCUT2D eigenvalue weighted by atomic mass is 9.77. The van der Waals surface area contributed by atoms with Gasteiger partial charge in [-0.2, -0.15) is 0 Å². The van der Waals surface area contributed by atoms with Crippen molar-refractivity contribution in [3.05, 3.63) is 65.2 Å². The Morgan fingerprint density at radius 1 is 1.19 bits per heavy atom. The molecule has 2 aromatic rings. The second-order valence-electron chi connectivity index (χ2n) is 5.54. The molecule has 0 radical (unpaired) electrons. The molecule has 2 rings (SSSR count). The van der Waals surface area contributed by atoms with Gasteiger partial charge in [0.05, 0.1) is 12.5 Å². The van der Waals surface area contributed by atoms with Gasteiger partial charge in [0.1, 0.15) is 5.75 Å². The molecule has 0 heterocycles. The van der Waals surface area contributed by atoms with Crippen LogP contribution in [0.3, 0.4) is 0 Å². The molecule has 0 saturated carbocycles. The maximum Gasteiger partial charge on any atom is 0.314 e. The van der Waals surface area contributed by atoms with E-state index in [9.17, 15) is 9.90 Å². The number of hydrogen-bond donors (Lipinski definition) is 1. The summed E-state index contributed by atoms with van der Waals surface area (Å²) < 4.78 is 5.21. The Morgan fingerprint density at radius 2 is 1.90 bits per heavy atom. The smallest absolute Gasteiger partial charge is 0.314 e. The van der Waals surface area contributed by atoms with E-state index in [-0.39, 0.29) is 0 Å². The Kier molecular flexibility index (Phi) is 4.32. The predicted molar refractivity (Wildman–Crippen MR) is 82.9 cm³/mol. The first kappa shape index (κ1) is 15.1. The molecule has 0 amide bonds. The summed E-state index contributed by atoms with van der Waals surface area (Å²) >= 11 is 0. The molecule has 3 nitrogen and oxygen atoms in total. The molecule has 0 aliphatic heterocycles. The highest BCUT2D eigenvalue weighted by atomic mass is 16.5. The zero-order chi connectivity index (χ0) is 15.5. The van der Waals surface area contributed by atoms with Gasteiger partial charge in [0.15, 0.2) is 0 Å². The summed E-state index contributed by atoms with van der Waals surface area (Å²) in [5.74, 6) is -0.165. The van der Waals surface area contributed by atoms with Crippen LogP contribution in [0.1, 0.15) is 23.6 Å². The van der Waals surface area contributed by atoms with Crippen LogP contribution in [0.15, 0.2) is 48.5 Å². The van der Waals surface area contributed by atoms with Crippen LogP contribution in [0, 0.1) is 6.92 Å². The van der Waals surface area contributed by atoms with Crippen molar-refractivity contribution < 1.29 is 14.6 Å². The van der Waals surface area contributed by atoms with E-state index < -0.39 is 11.4 Å². The minimum Gasteiger partial charge on any atom is -0.497 e. The van der Waals surface area contributed by atoms with Crippen LogP contribution in [0.4, 0.5) is 0 Å². The minimum atomic E-state index is -0.984. The second kappa shape index (κ2) is 6.00. The number of carboxylic acids is 1. The van der Waals surface area contributed by atoms with Crippen molar-refractivity contribution in [3.63, 3.8) is 0 Å². The molecule has 110 valence electrons. The van der Waals surface area contributed by atoms with Gasteiger partial charge in [-0.3, -0.25) is 4.79 Å². The maximum atomic E-state index is 11.9. The van der Waals surface area contributed by atoms with Crippen LogP contribution < -0.4 is 4.74 Å². The summed E-state index contributed by atoms with van der Waals surface area (Å²) in [6, 6.07) is 15.2. The van der Waals surface area contributed by atoms with Gasteiger partial charge in [-0.25, -0.2) is 0 Å². The molecule has 0 fully saturated rings. The summed E-state index contributed by atoms with van der Waals surface area (Å²) in [5.41, 5.74) is 1.91. The number of benzene rings is 2. The third-order valence-corrected chi connectivity index (χ3v) is 3.82. The Morgan fingerprint density at radius 3 is 2.52 bits per heavy atom. The number of ether oxygens (including phenoxy) is 1. The minimum absolute atomic E-state index is 0.442. The average Bonchev–Trinajstić information content (AvgIpc) is 2.47. The first-order chi connectivity index (χ1) is 9.95. The van der Waals surface area contributed by atoms with Gasteiger partial charge in [0.2, 0.25) is 0 Å². The monoisotopic (exact) mass is 284 g/mol. The molecule has 21 heavy (non-hydrogen) atoms. The van der Waals surface area contributed by atoms with Gasteiger partial charge in [-0.1, -0.05) is 42.0 Å². The van der Waals surface area contributed by atoms with E-state index in [0.29, 0.717) is 12.2 Å². The quantitative estimate of drug-likeness (QED) is 0.912. The third-order valence-electron chi connectivity index (χ3n) is 3.82. The number of rotatable bonds is 5. The first-order valence-corrected chi connectivity index (χ1v) is 6.89. The van der Waals surface area contributed by atoms with Crippen molar-refractivity contribution in [3.8, 4) is 5.75 Å². The number of carbonyl (C=O) groups is 1. The fourth-order valence-corrected chi connectivity index (χ4v) is 2.50. The van der Waals surface area contributed by atoms with Crippen molar-refractivity contribution in [1.82, 2.24) is 0 Å². The van der Waals surface area contributed by atoms with E-state index >= 15 is 0 Å². The van der Waals surface area contributed by atoms with E-state index in [2.05, 4.69) is 0 Å². The summed E-state index contributed by atoms with van der Waals surface area (Å²) in [7, 11) is 1.58. The summed E-state index contributed by atoms with van der Waals surface area (Å²) in [5, 5.41) is 9.74. The topological polar surface area (TPSA) is 46.5 Å². The molecule has 0 spiro atoms. The Hall–Kier alpha value is -2.29. The van der Waals surface area contributed by atoms with Crippen molar-refractivity contribution in [2.24, 2.45) is 0 Å². The molecule has 0 aliphatic carbocycles. The first-order valence-electron chi connectivity index (χ1n) is 6.89. The van der Waals surface area contributed by atoms with E-state index in [1.807, 2.05) is 49.4 Å².